The molecule has 0 unspecified atom stereocenters. The van der Waals surface area contributed by atoms with Crippen molar-refractivity contribution in [2.75, 3.05) is 0 Å². The molecule has 1 aliphatic rings. The van der Waals surface area contributed by atoms with Crippen molar-refractivity contribution in [1.29, 1.82) is 0 Å². The number of thioether (sulfide) groups is 1. The molecule has 3 heteroatoms. The molecule has 0 fully saturated rings. The first-order valence-corrected chi connectivity index (χ1v) is 5.95. The molecule has 1 aromatic carbocycles. The van der Waals surface area contributed by atoms with E-state index in [1.165, 1.54) is 5.39 Å². The number of hydrogen-bond donors (Lipinski definition) is 1. The molecule has 0 saturated carbocycles. The highest BCUT2D eigenvalue weighted by atomic mass is 32.2. The summed E-state index contributed by atoms with van der Waals surface area (Å²) in [5.41, 5.74) is 2.02. The van der Waals surface area contributed by atoms with Crippen LogP contribution in [0.5, 0.6) is 0 Å². The number of fused-ring (bicyclic) bond motifs is 1. The van der Waals surface area contributed by atoms with Crippen molar-refractivity contribution in [3.05, 3.63) is 58.7 Å². The molecule has 0 atom stereocenters. The van der Waals surface area contributed by atoms with Crippen molar-refractivity contribution in [3.8, 4) is 0 Å². The maximum atomic E-state index is 4.58. The van der Waals surface area contributed by atoms with Gasteiger partial charge in [-0.3, -0.25) is 0 Å². The van der Waals surface area contributed by atoms with Crippen LogP contribution < -0.4 is 5.32 Å². The average Bonchev–Trinajstić information content (AvgIpc) is 2.82. The zero-order valence-corrected chi connectivity index (χ0v) is 9.37. The molecule has 1 aliphatic heterocycles. The Balaban J connectivity index is 2.02. The van der Waals surface area contributed by atoms with Crippen LogP contribution in [0, 0.1) is 0 Å². The van der Waals surface area contributed by atoms with E-state index < -0.39 is 0 Å². The fourth-order valence-corrected chi connectivity index (χ4v) is 2.24. The Morgan fingerprint density at radius 2 is 2.06 bits per heavy atom. The molecule has 0 aliphatic carbocycles. The maximum Gasteiger partial charge on any atom is 0.0785 e. The number of aromatic nitrogens is 1. The van der Waals surface area contributed by atoms with Crippen molar-refractivity contribution in [3.63, 3.8) is 0 Å². The third kappa shape index (κ3) is 1.82. The molecular formula is C13H10N2S. The van der Waals surface area contributed by atoms with Crippen LogP contribution in [0.4, 0.5) is 0 Å². The van der Waals surface area contributed by atoms with Crippen molar-refractivity contribution in [2.24, 2.45) is 0 Å². The summed E-state index contributed by atoms with van der Waals surface area (Å²) in [7, 11) is 0. The molecule has 0 saturated heterocycles. The van der Waals surface area contributed by atoms with Crippen LogP contribution in [0.1, 0.15) is 5.69 Å². The zero-order chi connectivity index (χ0) is 10.8. The summed E-state index contributed by atoms with van der Waals surface area (Å²) in [5, 5.41) is 7.47. The molecular weight excluding hydrogens is 216 g/mol. The lowest BCUT2D eigenvalue weighted by Gasteiger charge is -2.00. The van der Waals surface area contributed by atoms with Gasteiger partial charge in [0.15, 0.2) is 0 Å². The first kappa shape index (κ1) is 9.48. The second-order valence-corrected chi connectivity index (χ2v) is 4.45. The van der Waals surface area contributed by atoms with Gasteiger partial charge >= 0.3 is 0 Å². The molecule has 1 aromatic heterocycles. The highest BCUT2D eigenvalue weighted by molar-refractivity contribution is 8.06. The van der Waals surface area contributed by atoms with Gasteiger partial charge in [-0.05, 0) is 23.6 Å². The minimum Gasteiger partial charge on any atom is -0.356 e. The lowest BCUT2D eigenvalue weighted by molar-refractivity contribution is 1.20. The highest BCUT2D eigenvalue weighted by Crippen LogP contribution is 2.22. The number of para-hydroxylation sites is 1. The summed E-state index contributed by atoms with van der Waals surface area (Å²) in [5.74, 6) is 0. The molecule has 16 heavy (non-hydrogen) atoms. The van der Waals surface area contributed by atoms with Gasteiger partial charge in [-0.15, -0.1) is 0 Å². The highest BCUT2D eigenvalue weighted by Gasteiger charge is 2.01. The zero-order valence-electron chi connectivity index (χ0n) is 8.55. The molecule has 3 rings (SSSR count). The Kier molecular flexibility index (Phi) is 2.38. The van der Waals surface area contributed by atoms with Gasteiger partial charge in [-0.1, -0.05) is 36.0 Å². The van der Waals surface area contributed by atoms with E-state index >= 15 is 0 Å². The predicted molar refractivity (Wildman–Crippen MR) is 69.6 cm³/mol. The van der Waals surface area contributed by atoms with E-state index in [4.69, 9.17) is 0 Å². The smallest absolute Gasteiger partial charge is 0.0785 e. The van der Waals surface area contributed by atoms with Gasteiger partial charge < -0.3 is 5.32 Å². The normalized spacial score (nSPS) is 16.9. The quantitative estimate of drug-likeness (QED) is 0.807. The van der Waals surface area contributed by atoms with E-state index in [1.807, 2.05) is 35.9 Å². The van der Waals surface area contributed by atoms with Crippen LogP contribution in [-0.4, -0.2) is 4.98 Å². The van der Waals surface area contributed by atoms with Crippen molar-refractivity contribution in [2.45, 2.75) is 0 Å². The van der Waals surface area contributed by atoms with Crippen LogP contribution in [0.3, 0.4) is 0 Å². The van der Waals surface area contributed by atoms with Gasteiger partial charge in [0.2, 0.25) is 0 Å². The summed E-state index contributed by atoms with van der Waals surface area (Å²) < 4.78 is 0. The Morgan fingerprint density at radius 1 is 1.12 bits per heavy atom. The number of nitrogens with one attached hydrogen (secondary N) is 1. The van der Waals surface area contributed by atoms with E-state index in [-0.39, 0.29) is 0 Å². The molecule has 0 amide bonds. The van der Waals surface area contributed by atoms with Crippen LogP contribution in [0.25, 0.3) is 17.0 Å². The standard InChI is InChI=1S/C13H10N2S/c1-2-4-12-10(3-1)5-6-11(15-12)9-13-14-7-8-16-13/h1-9,14H. The number of pyridine rings is 1. The summed E-state index contributed by atoms with van der Waals surface area (Å²) in [4.78, 5) is 4.58. The van der Waals surface area contributed by atoms with E-state index in [0.717, 1.165) is 16.2 Å². The largest absolute Gasteiger partial charge is 0.356 e. The molecule has 0 radical (unpaired) electrons. The van der Waals surface area contributed by atoms with Gasteiger partial charge in [0.25, 0.3) is 0 Å². The topological polar surface area (TPSA) is 24.9 Å². The van der Waals surface area contributed by atoms with Gasteiger partial charge in [-0.2, -0.15) is 0 Å². The first-order valence-electron chi connectivity index (χ1n) is 5.07. The Hall–Kier alpha value is -1.74. The van der Waals surface area contributed by atoms with Crippen LogP contribution >= 0.6 is 11.8 Å². The monoisotopic (exact) mass is 226 g/mol. The number of hydrogen-bond acceptors (Lipinski definition) is 3. The molecule has 1 N–H and O–H groups in total. The summed E-state index contributed by atoms with van der Waals surface area (Å²) in [6, 6.07) is 12.3. The van der Waals surface area contributed by atoms with Crippen LogP contribution in [-0.2, 0) is 0 Å². The molecule has 0 bridgehead atoms. The summed E-state index contributed by atoms with van der Waals surface area (Å²) in [6.07, 6.45) is 3.98. The molecule has 2 aromatic rings. The summed E-state index contributed by atoms with van der Waals surface area (Å²) in [6.45, 7) is 0. The van der Waals surface area contributed by atoms with Crippen molar-refractivity contribution in [1.82, 2.24) is 10.3 Å². The van der Waals surface area contributed by atoms with E-state index in [2.05, 4.69) is 28.5 Å². The van der Waals surface area contributed by atoms with Crippen molar-refractivity contribution >= 4 is 28.7 Å². The van der Waals surface area contributed by atoms with Crippen LogP contribution in [0.2, 0.25) is 0 Å². The van der Waals surface area contributed by atoms with Gasteiger partial charge in [-0.25, -0.2) is 4.98 Å². The van der Waals surface area contributed by atoms with Gasteiger partial charge in [0.05, 0.1) is 16.2 Å². The molecule has 2 nitrogen and oxygen atoms in total. The van der Waals surface area contributed by atoms with E-state index in [0.29, 0.717) is 0 Å². The maximum absolute atomic E-state index is 4.58. The second-order valence-electron chi connectivity index (χ2n) is 3.50. The minimum atomic E-state index is 0.984. The third-order valence-electron chi connectivity index (χ3n) is 2.39. The SMILES string of the molecule is C1=CSC(=Cc2ccc3ccccc3n2)N1. The molecule has 0 spiro atoms. The second kappa shape index (κ2) is 4.02. The fraction of sp³-hybridized carbons (Fsp3) is 0. The van der Waals surface area contributed by atoms with Crippen LogP contribution in [0.15, 0.2) is 53.0 Å². The van der Waals surface area contributed by atoms with Gasteiger partial charge in [0, 0.05) is 11.6 Å². The Bertz CT molecular complexity index is 577. The molecule has 78 valence electrons. The van der Waals surface area contributed by atoms with Gasteiger partial charge in [0.1, 0.15) is 0 Å². The number of nitrogens with zero attached hydrogens (tertiary/aromatic N) is 1. The predicted octanol–water partition coefficient (Wildman–Crippen LogP) is 3.34. The third-order valence-corrected chi connectivity index (χ3v) is 3.15. The number of benzene rings is 1. The first-order chi connectivity index (χ1) is 7.92. The lowest BCUT2D eigenvalue weighted by atomic mass is 10.2. The number of rotatable bonds is 1. The fourth-order valence-electron chi connectivity index (χ4n) is 1.63. The van der Waals surface area contributed by atoms with E-state index in [9.17, 15) is 0 Å². The summed E-state index contributed by atoms with van der Waals surface area (Å²) >= 11 is 1.67. The van der Waals surface area contributed by atoms with Crippen molar-refractivity contribution < 1.29 is 0 Å². The Morgan fingerprint density at radius 3 is 2.94 bits per heavy atom. The van der Waals surface area contributed by atoms with E-state index in [1.54, 1.807) is 11.8 Å². The average molecular weight is 226 g/mol. The Labute approximate surface area is 98.1 Å². The minimum absolute atomic E-state index is 0.984. The lowest BCUT2D eigenvalue weighted by Crippen LogP contribution is -1.95. The molecule has 2 heterocycles.